The van der Waals surface area contributed by atoms with Crippen LogP contribution in [0.4, 0.5) is 11.5 Å². The Balaban J connectivity index is 1.48. The Labute approximate surface area is 172 Å². The van der Waals surface area contributed by atoms with Crippen LogP contribution in [0.3, 0.4) is 0 Å². The Morgan fingerprint density at radius 2 is 2.00 bits per heavy atom. The molecule has 5 rings (SSSR count). The number of fused-ring (bicyclic) bond motifs is 5. The van der Waals surface area contributed by atoms with E-state index in [9.17, 15) is 4.79 Å². The molecular formula is C25H29N3O. The normalized spacial score (nSPS) is 30.3. The lowest BCUT2D eigenvalue weighted by molar-refractivity contribution is -0.115. The average molecular weight is 388 g/mol. The topological polar surface area (TPSA) is 54.9 Å². The predicted octanol–water partition coefficient (Wildman–Crippen LogP) is 5.36. The molecular weight excluding hydrogens is 358 g/mol. The largest absolute Gasteiger partial charge is 0.339 e. The van der Waals surface area contributed by atoms with Gasteiger partial charge in [-0.25, -0.2) is 4.98 Å². The maximum absolute atomic E-state index is 12.2. The Hall–Kier alpha value is -2.49. The molecule has 0 spiro atoms. The molecule has 0 aliphatic heterocycles. The molecule has 1 aromatic carbocycles. The second kappa shape index (κ2) is 6.25. The number of hydrogen-bond donors (Lipinski definition) is 1. The molecule has 0 unspecified atom stereocenters. The Morgan fingerprint density at radius 3 is 2.79 bits per heavy atom. The molecule has 4 nitrogen and oxygen atoms in total. The minimum absolute atomic E-state index is 0.0991. The molecule has 1 N–H and O–H groups in total. The molecule has 3 aliphatic rings. The first-order valence-corrected chi connectivity index (χ1v) is 10.7. The van der Waals surface area contributed by atoms with Gasteiger partial charge in [-0.2, -0.15) is 0 Å². The van der Waals surface area contributed by atoms with Gasteiger partial charge >= 0.3 is 0 Å². The van der Waals surface area contributed by atoms with Gasteiger partial charge in [0.05, 0.1) is 17.6 Å². The van der Waals surface area contributed by atoms with E-state index in [4.69, 9.17) is 0 Å². The number of nitrogens with one attached hydrogen (secondary N) is 1. The van der Waals surface area contributed by atoms with Crippen molar-refractivity contribution < 1.29 is 4.79 Å². The summed E-state index contributed by atoms with van der Waals surface area (Å²) < 4.78 is 0. The van der Waals surface area contributed by atoms with Crippen molar-refractivity contribution in [3.05, 3.63) is 58.6 Å². The first-order chi connectivity index (χ1) is 13.8. The summed E-state index contributed by atoms with van der Waals surface area (Å²) in [7, 11) is 0. The van der Waals surface area contributed by atoms with Crippen LogP contribution >= 0.6 is 0 Å². The van der Waals surface area contributed by atoms with E-state index >= 15 is 0 Å². The zero-order valence-electron chi connectivity index (χ0n) is 17.8. The number of ketones is 1. The van der Waals surface area contributed by atoms with Crippen LogP contribution in [0.1, 0.15) is 62.0 Å². The van der Waals surface area contributed by atoms with Crippen LogP contribution in [0.15, 0.2) is 36.0 Å². The molecule has 1 saturated carbocycles. The molecule has 3 aliphatic carbocycles. The third-order valence-corrected chi connectivity index (χ3v) is 7.67. The van der Waals surface area contributed by atoms with Crippen molar-refractivity contribution in [2.75, 3.05) is 5.32 Å². The number of allylic oxidation sites excluding steroid dienone is 2. The summed E-state index contributed by atoms with van der Waals surface area (Å²) in [5.41, 5.74) is 7.47. The van der Waals surface area contributed by atoms with E-state index < -0.39 is 0 Å². The van der Waals surface area contributed by atoms with Gasteiger partial charge in [-0.3, -0.25) is 9.78 Å². The summed E-state index contributed by atoms with van der Waals surface area (Å²) in [5, 5.41) is 3.45. The molecule has 1 heterocycles. The number of aryl methyl sites for hydroxylation is 3. The Bertz CT molecular complexity index is 1060. The second-order valence-corrected chi connectivity index (χ2v) is 9.75. The van der Waals surface area contributed by atoms with Gasteiger partial charge < -0.3 is 5.32 Å². The summed E-state index contributed by atoms with van der Waals surface area (Å²) in [6, 6.07) is 6.77. The predicted molar refractivity (Wildman–Crippen MR) is 115 cm³/mol. The first-order valence-electron chi connectivity index (χ1n) is 10.7. The number of benzene rings is 1. The second-order valence-electron chi connectivity index (χ2n) is 9.75. The van der Waals surface area contributed by atoms with Crippen LogP contribution in [0.5, 0.6) is 0 Å². The number of aromatic nitrogens is 2. The van der Waals surface area contributed by atoms with Gasteiger partial charge in [-0.1, -0.05) is 25.5 Å². The van der Waals surface area contributed by atoms with Gasteiger partial charge in [0.2, 0.25) is 0 Å². The first kappa shape index (κ1) is 18.5. The highest BCUT2D eigenvalue weighted by atomic mass is 16.1. The minimum atomic E-state index is 0.0991. The van der Waals surface area contributed by atoms with Crippen molar-refractivity contribution in [1.82, 2.24) is 9.97 Å². The maximum Gasteiger partial charge on any atom is 0.156 e. The number of carbonyl (C=O) groups excluding carboxylic acids is 1. The van der Waals surface area contributed by atoms with E-state index in [1.54, 1.807) is 6.20 Å². The number of nitrogens with zero attached hydrogens (tertiary/aromatic N) is 2. The zero-order chi connectivity index (χ0) is 20.4. The molecule has 29 heavy (non-hydrogen) atoms. The fourth-order valence-electron chi connectivity index (χ4n) is 6.08. The zero-order valence-corrected chi connectivity index (χ0v) is 17.8. The highest BCUT2D eigenvalue weighted by molar-refractivity contribution is 5.94. The third-order valence-electron chi connectivity index (χ3n) is 7.67. The van der Waals surface area contributed by atoms with Crippen LogP contribution in [0.2, 0.25) is 0 Å². The fraction of sp³-hybridized carbons (Fsp3) is 0.480. The van der Waals surface area contributed by atoms with Crippen LogP contribution in [0, 0.1) is 25.2 Å². The Kier molecular flexibility index (Phi) is 4.00. The molecule has 1 fully saturated rings. The summed E-state index contributed by atoms with van der Waals surface area (Å²) in [6.07, 6.45) is 8.95. The molecule has 0 amide bonds. The SMILES string of the molecule is Cc1cnc(Nc2ccc3c(c2)CC[C@@H]2C4=CC(=O)C[C@]4(C)CC[C@@]32C)c(C)n1. The highest BCUT2D eigenvalue weighted by Gasteiger charge is 2.53. The average Bonchev–Trinajstić information content (AvgIpc) is 2.98. The fourth-order valence-corrected chi connectivity index (χ4v) is 6.08. The van der Waals surface area contributed by atoms with Crippen LogP contribution in [0.25, 0.3) is 0 Å². The lowest BCUT2D eigenvalue weighted by atomic mass is 9.51. The van der Waals surface area contributed by atoms with Gasteiger partial charge in [-0.05, 0) is 85.6 Å². The van der Waals surface area contributed by atoms with Crippen LogP contribution in [-0.4, -0.2) is 15.8 Å². The number of carbonyl (C=O) groups is 1. The summed E-state index contributed by atoms with van der Waals surface area (Å²) in [4.78, 5) is 21.2. The minimum Gasteiger partial charge on any atom is -0.339 e. The quantitative estimate of drug-likeness (QED) is 0.754. The molecule has 4 heteroatoms. The number of anilines is 2. The van der Waals surface area contributed by atoms with Gasteiger partial charge in [-0.15, -0.1) is 0 Å². The van der Waals surface area contributed by atoms with E-state index in [0.29, 0.717) is 18.1 Å². The van der Waals surface area contributed by atoms with Crippen LogP contribution in [-0.2, 0) is 16.6 Å². The highest BCUT2D eigenvalue weighted by Crippen LogP contribution is 2.60. The third kappa shape index (κ3) is 2.84. The lowest BCUT2D eigenvalue weighted by Gasteiger charge is -2.52. The van der Waals surface area contributed by atoms with E-state index in [1.807, 2.05) is 19.9 Å². The smallest absolute Gasteiger partial charge is 0.156 e. The molecule has 1 aromatic heterocycles. The van der Waals surface area contributed by atoms with Crippen molar-refractivity contribution in [3.8, 4) is 0 Å². The number of rotatable bonds is 2. The molecule has 0 radical (unpaired) electrons. The number of hydrogen-bond acceptors (Lipinski definition) is 4. The standard InChI is InChI=1S/C25H29N3O/c1-15-14-26-23(16(2)27-15)28-18-6-8-20-17(11-18)5-7-21-22-12-19(29)13-24(22,3)9-10-25(20,21)4/h6,8,11-12,14,21H,5,7,9-10,13H2,1-4H3,(H,26,28)/t21-,24+,25+/m1/s1. The lowest BCUT2D eigenvalue weighted by Crippen LogP contribution is -2.45. The van der Waals surface area contributed by atoms with E-state index in [1.165, 1.54) is 16.7 Å². The molecule has 150 valence electrons. The van der Waals surface area contributed by atoms with Crippen molar-refractivity contribution >= 4 is 17.3 Å². The van der Waals surface area contributed by atoms with Gasteiger partial charge in [0.25, 0.3) is 0 Å². The van der Waals surface area contributed by atoms with Gasteiger partial charge in [0.1, 0.15) is 0 Å². The van der Waals surface area contributed by atoms with Crippen molar-refractivity contribution in [2.45, 2.75) is 65.2 Å². The Morgan fingerprint density at radius 1 is 1.17 bits per heavy atom. The summed E-state index contributed by atoms with van der Waals surface area (Å²) in [5.74, 6) is 1.63. The molecule has 0 bridgehead atoms. The van der Waals surface area contributed by atoms with Crippen molar-refractivity contribution in [1.29, 1.82) is 0 Å². The molecule has 0 saturated heterocycles. The maximum atomic E-state index is 12.2. The molecule has 3 atom stereocenters. The van der Waals surface area contributed by atoms with E-state index in [-0.39, 0.29) is 10.8 Å². The van der Waals surface area contributed by atoms with Crippen LogP contribution < -0.4 is 5.32 Å². The van der Waals surface area contributed by atoms with Crippen molar-refractivity contribution in [2.24, 2.45) is 11.3 Å². The summed E-state index contributed by atoms with van der Waals surface area (Å²) >= 11 is 0. The molecule has 2 aromatic rings. The van der Waals surface area contributed by atoms with Gasteiger partial charge in [0.15, 0.2) is 11.6 Å². The van der Waals surface area contributed by atoms with Gasteiger partial charge in [0, 0.05) is 12.1 Å². The summed E-state index contributed by atoms with van der Waals surface area (Å²) in [6.45, 7) is 8.67. The monoisotopic (exact) mass is 387 g/mol. The van der Waals surface area contributed by atoms with E-state index in [0.717, 1.165) is 48.6 Å². The van der Waals surface area contributed by atoms with Crippen molar-refractivity contribution in [3.63, 3.8) is 0 Å². The van der Waals surface area contributed by atoms with E-state index in [2.05, 4.69) is 47.3 Å².